The highest BCUT2D eigenvalue weighted by molar-refractivity contribution is 7.47. The number of hydrogen-bond donors (Lipinski definition) is 6. The van der Waals surface area contributed by atoms with Gasteiger partial charge in [-0.15, -0.1) is 0 Å². The molecule has 0 saturated carbocycles. The number of phosphoric acid groups is 1. The molecule has 5 heterocycles. The van der Waals surface area contributed by atoms with Gasteiger partial charge >= 0.3 is 13.5 Å². The number of nitrogen functional groups attached to an aromatic ring is 2. The first kappa shape index (κ1) is 35.8. The van der Waals surface area contributed by atoms with Gasteiger partial charge in [0.15, 0.2) is 23.6 Å². The number of aromatic nitrogens is 7. The molecule has 3 aromatic heterocycles. The average molecular weight is 706 g/mol. The number of aliphatic hydroxyl groups is 2. The van der Waals surface area contributed by atoms with Crippen molar-refractivity contribution in [3.63, 3.8) is 0 Å². The van der Waals surface area contributed by atoms with Crippen molar-refractivity contribution in [3.05, 3.63) is 33.5 Å². The second-order valence-corrected chi connectivity index (χ2v) is 11.9. The normalized spacial score (nSPS) is 28.7. The molecule has 3 aromatic rings. The van der Waals surface area contributed by atoms with Crippen molar-refractivity contribution in [1.82, 2.24) is 34.1 Å². The molecule has 2 aliphatic rings. The van der Waals surface area contributed by atoms with Gasteiger partial charge in [-0.1, -0.05) is 0 Å². The summed E-state index contributed by atoms with van der Waals surface area (Å²) in [7, 11) is -2.18. The van der Waals surface area contributed by atoms with Gasteiger partial charge in [0.05, 0.1) is 46.0 Å². The van der Waals surface area contributed by atoms with Gasteiger partial charge in [-0.2, -0.15) is 9.97 Å². The van der Waals surface area contributed by atoms with Gasteiger partial charge in [-0.3, -0.25) is 28.0 Å². The van der Waals surface area contributed by atoms with Crippen molar-refractivity contribution in [2.75, 3.05) is 65.3 Å². The second kappa shape index (κ2) is 15.4. The van der Waals surface area contributed by atoms with Crippen LogP contribution in [0.5, 0.6) is 0 Å². The molecule has 23 nitrogen and oxygen atoms in total. The van der Waals surface area contributed by atoms with Crippen LogP contribution in [0, 0.1) is 0 Å². The number of hydrogen-bond acceptors (Lipinski definition) is 19. The van der Waals surface area contributed by atoms with E-state index in [1.165, 1.54) is 25.1 Å². The number of anilines is 2. The molecule has 3 unspecified atom stereocenters. The third-order valence-electron chi connectivity index (χ3n) is 7.38. The Morgan fingerprint density at radius 3 is 2.25 bits per heavy atom. The Kier molecular flexibility index (Phi) is 11.5. The monoisotopic (exact) mass is 705 g/mol. The molecule has 0 aliphatic carbocycles. The molecule has 48 heavy (non-hydrogen) atoms. The zero-order chi connectivity index (χ0) is 34.6. The van der Waals surface area contributed by atoms with Gasteiger partial charge in [0.25, 0.3) is 5.56 Å². The largest absolute Gasteiger partial charge is 0.472 e. The first-order valence-corrected chi connectivity index (χ1v) is 15.9. The van der Waals surface area contributed by atoms with Crippen molar-refractivity contribution in [3.8, 4) is 0 Å². The first-order valence-electron chi connectivity index (χ1n) is 14.4. The van der Waals surface area contributed by atoms with E-state index in [2.05, 4.69) is 24.9 Å². The highest BCUT2D eigenvalue weighted by atomic mass is 31.2. The summed E-state index contributed by atoms with van der Waals surface area (Å²) in [5.74, 6) is -0.494. The van der Waals surface area contributed by atoms with Crippen LogP contribution in [0.2, 0.25) is 0 Å². The van der Waals surface area contributed by atoms with Crippen LogP contribution in [0.25, 0.3) is 11.2 Å². The SMILES string of the molecule is COCCO[C@H]1C(OP(=O)(O)OC[C@H]2O[C@@H](n3cnc4c(=O)[nH]c(N)nc43)[C@@H](OCCOC)C2O)[C@@H](CO)O[C@H]1n1cnc(N)nc1=O. The number of nitrogens with one attached hydrogen (secondary N) is 1. The Balaban J connectivity index is 1.34. The molecule has 0 amide bonds. The number of imidazole rings is 1. The summed E-state index contributed by atoms with van der Waals surface area (Å²) in [5, 5.41) is 21.2. The summed E-state index contributed by atoms with van der Waals surface area (Å²) in [6.07, 6.45) is -8.08. The number of fused-ring (bicyclic) bond motifs is 1. The summed E-state index contributed by atoms with van der Waals surface area (Å²) in [4.78, 5) is 53.5. The molecule has 8 N–H and O–H groups in total. The fourth-order valence-electron chi connectivity index (χ4n) is 5.19. The van der Waals surface area contributed by atoms with E-state index in [1.54, 1.807) is 0 Å². The molecule has 0 radical (unpaired) electrons. The Bertz CT molecular complexity index is 1710. The predicted molar refractivity (Wildman–Crippen MR) is 158 cm³/mol. The lowest BCUT2D eigenvalue weighted by Gasteiger charge is -2.26. The molecule has 5 rings (SSSR count). The molecule has 2 fully saturated rings. The van der Waals surface area contributed by atoms with Crippen LogP contribution in [0.3, 0.4) is 0 Å². The average Bonchev–Trinajstić information content (AvgIpc) is 3.70. The maximum absolute atomic E-state index is 13.3. The Morgan fingerprint density at radius 2 is 1.58 bits per heavy atom. The number of methoxy groups -OCH3 is 2. The Morgan fingerprint density at radius 1 is 0.938 bits per heavy atom. The van der Waals surface area contributed by atoms with Crippen LogP contribution in [-0.2, 0) is 42.0 Å². The minimum absolute atomic E-state index is 0.0219. The summed E-state index contributed by atoms with van der Waals surface area (Å²) in [5.41, 5.74) is 9.69. The molecule has 2 aliphatic heterocycles. The second-order valence-electron chi connectivity index (χ2n) is 10.5. The summed E-state index contributed by atoms with van der Waals surface area (Å²) in [6, 6.07) is 0. The molecule has 0 aromatic carbocycles. The van der Waals surface area contributed by atoms with Gasteiger partial charge in [0.1, 0.15) is 43.0 Å². The molecule has 9 atom stereocenters. The van der Waals surface area contributed by atoms with Crippen molar-refractivity contribution in [2.45, 2.75) is 49.1 Å². The number of nitrogens with zero attached hydrogens (tertiary/aromatic N) is 6. The van der Waals surface area contributed by atoms with E-state index >= 15 is 0 Å². The third kappa shape index (κ3) is 7.72. The zero-order valence-corrected chi connectivity index (χ0v) is 26.5. The first-order chi connectivity index (χ1) is 23.0. The fraction of sp³-hybridized carbons (Fsp3) is 0.667. The van der Waals surface area contributed by atoms with E-state index in [0.29, 0.717) is 0 Å². The minimum Gasteiger partial charge on any atom is -0.394 e. The van der Waals surface area contributed by atoms with Crippen LogP contribution < -0.4 is 22.7 Å². The number of phosphoric ester groups is 1. The van der Waals surface area contributed by atoms with Crippen LogP contribution >= 0.6 is 7.82 Å². The molecular formula is C24H36N9O14P. The zero-order valence-electron chi connectivity index (χ0n) is 25.6. The van der Waals surface area contributed by atoms with Crippen molar-refractivity contribution in [2.24, 2.45) is 0 Å². The lowest BCUT2D eigenvalue weighted by atomic mass is 10.1. The number of H-pyrrole nitrogens is 1. The summed E-state index contributed by atoms with van der Waals surface area (Å²) < 4.78 is 59.6. The number of aliphatic hydroxyl groups excluding tert-OH is 2. The summed E-state index contributed by atoms with van der Waals surface area (Å²) >= 11 is 0. The van der Waals surface area contributed by atoms with Gasteiger partial charge in [0.2, 0.25) is 11.9 Å². The fourth-order valence-corrected chi connectivity index (χ4v) is 6.15. The lowest BCUT2D eigenvalue weighted by molar-refractivity contribution is -0.0836. The quantitative estimate of drug-likeness (QED) is 0.0626. The molecule has 266 valence electrons. The molecular weight excluding hydrogens is 669 g/mol. The number of rotatable bonds is 16. The predicted octanol–water partition coefficient (Wildman–Crippen LogP) is -3.35. The highest BCUT2D eigenvalue weighted by Crippen LogP contribution is 2.49. The smallest absolute Gasteiger partial charge is 0.394 e. The number of ether oxygens (including phenoxy) is 6. The maximum atomic E-state index is 13.3. The standard InChI is InChI=1S/C24H36N9O14P/c1-40-3-5-42-16-14(35)12(46-20(16)32-9-27-13-18(32)29-23(26)30-19(13)36)8-44-48(38,39)47-15-11(7-34)45-21(17(15)43-6-4-41-2)33-10-28-22(25)31-24(33)37/h9-12,14-17,20-21,34-35H,3-8H2,1-2H3,(H,38,39)(H2,25,31,37)(H3,26,29,30,36)/t11-,12-,14?,15?,16+,17+,20-,21-/m1/s1. The van der Waals surface area contributed by atoms with E-state index in [-0.39, 0.29) is 49.5 Å². The third-order valence-corrected chi connectivity index (χ3v) is 8.36. The van der Waals surface area contributed by atoms with Crippen molar-refractivity contribution < 1.29 is 57.1 Å². The Hall–Kier alpha value is -3.45. The van der Waals surface area contributed by atoms with E-state index in [9.17, 15) is 29.3 Å². The molecule has 0 bridgehead atoms. The van der Waals surface area contributed by atoms with Gasteiger partial charge in [0, 0.05) is 14.2 Å². The Labute approximate surface area is 270 Å². The molecule has 2 saturated heterocycles. The van der Waals surface area contributed by atoms with Crippen LogP contribution in [0.4, 0.5) is 11.9 Å². The number of nitrogens with two attached hydrogens (primary N) is 2. The highest BCUT2D eigenvalue weighted by Gasteiger charge is 2.52. The van der Waals surface area contributed by atoms with E-state index < -0.39 is 81.4 Å². The van der Waals surface area contributed by atoms with E-state index in [4.69, 9.17) is 48.9 Å². The van der Waals surface area contributed by atoms with Gasteiger partial charge < -0.3 is 55.0 Å². The number of aromatic amines is 1. The minimum atomic E-state index is -5.05. The summed E-state index contributed by atoms with van der Waals surface area (Å²) in [6.45, 7) is -1.22. The van der Waals surface area contributed by atoms with Crippen LogP contribution in [0.15, 0.2) is 22.2 Å². The van der Waals surface area contributed by atoms with Crippen molar-refractivity contribution in [1.29, 1.82) is 0 Å². The molecule has 24 heteroatoms. The van der Waals surface area contributed by atoms with Crippen LogP contribution in [0.1, 0.15) is 12.5 Å². The van der Waals surface area contributed by atoms with E-state index in [0.717, 1.165) is 10.9 Å². The van der Waals surface area contributed by atoms with Gasteiger partial charge in [-0.25, -0.2) is 19.3 Å². The lowest BCUT2D eigenvalue weighted by Crippen LogP contribution is -2.40. The van der Waals surface area contributed by atoms with Gasteiger partial charge in [-0.05, 0) is 0 Å². The maximum Gasteiger partial charge on any atom is 0.472 e. The van der Waals surface area contributed by atoms with Crippen LogP contribution in [-0.4, -0.2) is 140 Å². The van der Waals surface area contributed by atoms with E-state index in [1.807, 2.05) is 0 Å². The van der Waals surface area contributed by atoms with Crippen molar-refractivity contribution >= 4 is 30.9 Å². The topological polar surface area (TPSA) is 315 Å². The molecule has 0 spiro atoms.